The smallest absolute Gasteiger partial charge is 0.118 e. The van der Waals surface area contributed by atoms with Crippen molar-refractivity contribution in [2.45, 2.75) is 25.8 Å². The minimum Gasteiger partial charge on any atom is -0.497 e. The number of methoxy groups -OCH3 is 1. The van der Waals surface area contributed by atoms with Crippen LogP contribution in [0.5, 0.6) is 5.75 Å². The van der Waals surface area contributed by atoms with Crippen molar-refractivity contribution >= 4 is 0 Å². The van der Waals surface area contributed by atoms with Crippen LogP contribution in [0.2, 0.25) is 0 Å². The summed E-state index contributed by atoms with van der Waals surface area (Å²) in [6.45, 7) is 1.53. The molecule has 0 aliphatic carbocycles. The van der Waals surface area contributed by atoms with Gasteiger partial charge in [0, 0.05) is 12.7 Å². The molecule has 0 fully saturated rings. The van der Waals surface area contributed by atoms with Crippen LogP contribution >= 0.6 is 0 Å². The van der Waals surface area contributed by atoms with E-state index in [-0.39, 0.29) is 0 Å². The third-order valence-electron chi connectivity index (χ3n) is 3.01. The van der Waals surface area contributed by atoms with Crippen LogP contribution in [0.15, 0.2) is 30.5 Å². The Hall–Kier alpha value is -1.88. The molecule has 0 aliphatic rings. The van der Waals surface area contributed by atoms with Crippen molar-refractivity contribution in [2.24, 2.45) is 5.73 Å². The zero-order valence-corrected chi connectivity index (χ0v) is 11.2. The van der Waals surface area contributed by atoms with Gasteiger partial charge in [0.05, 0.1) is 12.8 Å². The average molecular weight is 260 g/mol. The van der Waals surface area contributed by atoms with E-state index < -0.39 is 0 Å². The quantitative estimate of drug-likeness (QED) is 0.817. The SMILES string of the molecule is COc1ccc(CCn2cc(CCCN)nn2)cc1. The number of ether oxygens (including phenoxy) is 1. The minimum atomic E-state index is 0.693. The second kappa shape index (κ2) is 6.89. The van der Waals surface area contributed by atoms with Gasteiger partial charge < -0.3 is 10.5 Å². The first-order chi connectivity index (χ1) is 9.31. The van der Waals surface area contributed by atoms with Crippen molar-refractivity contribution in [3.05, 3.63) is 41.7 Å². The van der Waals surface area contributed by atoms with Gasteiger partial charge in [0.1, 0.15) is 5.75 Å². The predicted molar refractivity (Wildman–Crippen MR) is 74.1 cm³/mol. The summed E-state index contributed by atoms with van der Waals surface area (Å²) in [4.78, 5) is 0. The van der Waals surface area contributed by atoms with Crippen LogP contribution in [0, 0.1) is 0 Å². The highest BCUT2D eigenvalue weighted by Gasteiger charge is 2.01. The van der Waals surface area contributed by atoms with Gasteiger partial charge in [-0.25, -0.2) is 0 Å². The Morgan fingerprint density at radius 1 is 1.21 bits per heavy atom. The molecule has 0 radical (unpaired) electrons. The van der Waals surface area contributed by atoms with Gasteiger partial charge in [-0.1, -0.05) is 17.3 Å². The zero-order valence-electron chi connectivity index (χ0n) is 11.2. The summed E-state index contributed by atoms with van der Waals surface area (Å²) in [5.74, 6) is 0.883. The van der Waals surface area contributed by atoms with Crippen molar-refractivity contribution in [1.82, 2.24) is 15.0 Å². The molecule has 102 valence electrons. The summed E-state index contributed by atoms with van der Waals surface area (Å²) in [7, 11) is 1.67. The summed E-state index contributed by atoms with van der Waals surface area (Å²) < 4.78 is 7.02. The average Bonchev–Trinajstić information content (AvgIpc) is 2.91. The highest BCUT2D eigenvalue weighted by Crippen LogP contribution is 2.12. The molecule has 5 heteroatoms. The molecule has 0 amide bonds. The highest BCUT2D eigenvalue weighted by atomic mass is 16.5. The van der Waals surface area contributed by atoms with Gasteiger partial charge in [-0.05, 0) is 43.5 Å². The first kappa shape index (κ1) is 13.5. The Morgan fingerprint density at radius 2 is 2.00 bits per heavy atom. The van der Waals surface area contributed by atoms with E-state index in [0.717, 1.165) is 37.3 Å². The lowest BCUT2D eigenvalue weighted by atomic mass is 10.1. The van der Waals surface area contributed by atoms with E-state index in [4.69, 9.17) is 10.5 Å². The molecule has 0 saturated carbocycles. The molecule has 5 nitrogen and oxygen atoms in total. The number of benzene rings is 1. The molecule has 19 heavy (non-hydrogen) atoms. The van der Waals surface area contributed by atoms with Gasteiger partial charge >= 0.3 is 0 Å². The second-order valence-electron chi connectivity index (χ2n) is 4.46. The molecule has 1 aromatic carbocycles. The molecule has 1 heterocycles. The van der Waals surface area contributed by atoms with E-state index >= 15 is 0 Å². The third-order valence-corrected chi connectivity index (χ3v) is 3.01. The topological polar surface area (TPSA) is 66.0 Å². The summed E-state index contributed by atoms with van der Waals surface area (Å²) in [5, 5.41) is 8.25. The Kier molecular flexibility index (Phi) is 4.92. The van der Waals surface area contributed by atoms with E-state index in [9.17, 15) is 0 Å². The van der Waals surface area contributed by atoms with E-state index in [0.29, 0.717) is 6.54 Å². The Labute approximate surface area is 113 Å². The second-order valence-corrected chi connectivity index (χ2v) is 4.46. The van der Waals surface area contributed by atoms with Gasteiger partial charge in [-0.15, -0.1) is 5.10 Å². The van der Waals surface area contributed by atoms with Gasteiger partial charge in [0.2, 0.25) is 0 Å². The molecule has 0 unspecified atom stereocenters. The number of hydrogen-bond donors (Lipinski definition) is 1. The molecule has 0 spiro atoms. The fraction of sp³-hybridized carbons (Fsp3) is 0.429. The van der Waals surface area contributed by atoms with E-state index in [1.807, 2.05) is 23.0 Å². The lowest BCUT2D eigenvalue weighted by molar-refractivity contribution is 0.414. The molecule has 0 saturated heterocycles. The van der Waals surface area contributed by atoms with Crippen molar-refractivity contribution in [1.29, 1.82) is 0 Å². The van der Waals surface area contributed by atoms with E-state index in [1.54, 1.807) is 7.11 Å². The van der Waals surface area contributed by atoms with Gasteiger partial charge in [0.25, 0.3) is 0 Å². The fourth-order valence-electron chi connectivity index (χ4n) is 1.88. The van der Waals surface area contributed by atoms with Crippen molar-refractivity contribution in [3.8, 4) is 5.75 Å². The molecule has 2 rings (SSSR count). The number of aromatic nitrogens is 3. The van der Waals surface area contributed by atoms with Crippen LogP contribution in [0.4, 0.5) is 0 Å². The lowest BCUT2D eigenvalue weighted by Crippen LogP contribution is -2.02. The van der Waals surface area contributed by atoms with Crippen LogP contribution in [0.1, 0.15) is 17.7 Å². The Bertz CT molecular complexity index is 492. The highest BCUT2D eigenvalue weighted by molar-refractivity contribution is 5.27. The minimum absolute atomic E-state index is 0.693. The molecular formula is C14H20N4O. The maximum absolute atomic E-state index is 5.48. The van der Waals surface area contributed by atoms with Gasteiger partial charge in [0.15, 0.2) is 0 Å². The Morgan fingerprint density at radius 3 is 2.68 bits per heavy atom. The predicted octanol–water partition coefficient (Wildman–Crippen LogP) is 1.42. The van der Waals surface area contributed by atoms with E-state index in [2.05, 4.69) is 22.4 Å². The first-order valence-corrected chi connectivity index (χ1v) is 6.54. The van der Waals surface area contributed by atoms with Crippen molar-refractivity contribution in [3.63, 3.8) is 0 Å². The molecule has 0 atom stereocenters. The van der Waals surface area contributed by atoms with Crippen LogP contribution in [-0.2, 0) is 19.4 Å². The van der Waals surface area contributed by atoms with Crippen LogP contribution in [-0.4, -0.2) is 28.6 Å². The van der Waals surface area contributed by atoms with Crippen molar-refractivity contribution < 1.29 is 4.74 Å². The number of hydrogen-bond acceptors (Lipinski definition) is 4. The fourth-order valence-corrected chi connectivity index (χ4v) is 1.88. The monoisotopic (exact) mass is 260 g/mol. The zero-order chi connectivity index (χ0) is 13.5. The van der Waals surface area contributed by atoms with E-state index in [1.165, 1.54) is 5.56 Å². The first-order valence-electron chi connectivity index (χ1n) is 6.54. The van der Waals surface area contributed by atoms with Crippen molar-refractivity contribution in [2.75, 3.05) is 13.7 Å². The number of nitrogens with two attached hydrogens (primary N) is 1. The summed E-state index contributed by atoms with van der Waals surface area (Å²) in [6.07, 6.45) is 4.79. The number of aryl methyl sites for hydroxylation is 3. The number of nitrogens with zero attached hydrogens (tertiary/aromatic N) is 3. The normalized spacial score (nSPS) is 10.6. The van der Waals surface area contributed by atoms with Crippen LogP contribution < -0.4 is 10.5 Å². The molecular weight excluding hydrogens is 240 g/mol. The third kappa shape index (κ3) is 4.06. The molecule has 2 aromatic rings. The van der Waals surface area contributed by atoms with Crippen LogP contribution in [0.25, 0.3) is 0 Å². The standard InChI is InChI=1S/C14H20N4O/c1-19-14-6-4-12(5-7-14)8-10-18-11-13(16-17-18)3-2-9-15/h4-7,11H,2-3,8-10,15H2,1H3. The molecule has 0 aliphatic heterocycles. The lowest BCUT2D eigenvalue weighted by Gasteiger charge is -2.03. The maximum atomic E-state index is 5.48. The summed E-state index contributed by atoms with van der Waals surface area (Å²) in [6, 6.07) is 8.10. The van der Waals surface area contributed by atoms with Gasteiger partial charge in [-0.3, -0.25) is 4.68 Å². The van der Waals surface area contributed by atoms with Crippen LogP contribution in [0.3, 0.4) is 0 Å². The summed E-state index contributed by atoms with van der Waals surface area (Å²) >= 11 is 0. The maximum Gasteiger partial charge on any atom is 0.118 e. The molecule has 2 N–H and O–H groups in total. The molecule has 0 bridgehead atoms. The number of rotatable bonds is 7. The van der Waals surface area contributed by atoms with Gasteiger partial charge in [-0.2, -0.15) is 0 Å². The largest absolute Gasteiger partial charge is 0.497 e. The molecule has 1 aromatic heterocycles. The summed E-state index contributed by atoms with van der Waals surface area (Å²) in [5.41, 5.74) is 7.75. The Balaban J connectivity index is 1.85.